The Morgan fingerprint density at radius 2 is 2.06 bits per heavy atom. The Morgan fingerprint density at radius 1 is 1.25 bits per heavy atom. The molecule has 8 heteroatoms. The number of hydrogen-bond donors (Lipinski definition) is 2. The molecular formula is C24H34N6OS. The molecule has 0 bridgehead atoms. The van der Waals surface area contributed by atoms with Gasteiger partial charge in [0.1, 0.15) is 0 Å². The predicted molar refractivity (Wildman–Crippen MR) is 132 cm³/mol. The smallest absolute Gasteiger partial charge is 0.282 e. The van der Waals surface area contributed by atoms with Crippen molar-refractivity contribution >= 4 is 33.3 Å². The van der Waals surface area contributed by atoms with E-state index in [-0.39, 0.29) is 11.9 Å². The van der Waals surface area contributed by atoms with Gasteiger partial charge in [-0.15, -0.1) is 10.2 Å². The number of rotatable bonds is 8. The van der Waals surface area contributed by atoms with Crippen molar-refractivity contribution in [3.63, 3.8) is 0 Å². The van der Waals surface area contributed by atoms with Gasteiger partial charge >= 0.3 is 0 Å². The third-order valence-corrected chi connectivity index (χ3v) is 7.39. The third-order valence-electron chi connectivity index (χ3n) is 6.41. The van der Waals surface area contributed by atoms with E-state index in [1.165, 1.54) is 22.3 Å². The van der Waals surface area contributed by atoms with Crippen molar-refractivity contribution in [1.29, 1.82) is 0 Å². The normalized spacial score (nSPS) is 18.4. The maximum Gasteiger partial charge on any atom is 0.282 e. The highest BCUT2D eigenvalue weighted by atomic mass is 32.1. The summed E-state index contributed by atoms with van der Waals surface area (Å²) in [5.41, 5.74) is 2.37. The van der Waals surface area contributed by atoms with Crippen LogP contribution in [0.25, 0.3) is 10.9 Å². The largest absolute Gasteiger partial charge is 0.361 e. The van der Waals surface area contributed by atoms with Crippen molar-refractivity contribution in [2.45, 2.75) is 52.1 Å². The van der Waals surface area contributed by atoms with Crippen LogP contribution in [0.1, 0.15) is 49.0 Å². The number of anilines is 1. The Morgan fingerprint density at radius 3 is 2.84 bits per heavy atom. The molecule has 2 aromatic heterocycles. The van der Waals surface area contributed by atoms with Crippen molar-refractivity contribution in [2.75, 3.05) is 31.6 Å². The van der Waals surface area contributed by atoms with Gasteiger partial charge in [0, 0.05) is 48.8 Å². The molecule has 7 nitrogen and oxygen atoms in total. The van der Waals surface area contributed by atoms with E-state index in [1.807, 2.05) is 6.07 Å². The van der Waals surface area contributed by atoms with Crippen LogP contribution in [-0.4, -0.2) is 64.8 Å². The highest BCUT2D eigenvalue weighted by molar-refractivity contribution is 7.17. The summed E-state index contributed by atoms with van der Waals surface area (Å²) in [7, 11) is 2.14. The predicted octanol–water partition coefficient (Wildman–Crippen LogP) is 3.94. The summed E-state index contributed by atoms with van der Waals surface area (Å²) in [5.74, 6) is 0.467. The summed E-state index contributed by atoms with van der Waals surface area (Å²) in [5, 5.41) is 14.3. The highest BCUT2D eigenvalue weighted by Crippen LogP contribution is 2.24. The van der Waals surface area contributed by atoms with Gasteiger partial charge in [0.05, 0.1) is 0 Å². The minimum Gasteiger partial charge on any atom is -0.361 e. The third kappa shape index (κ3) is 5.30. The number of benzene rings is 1. The van der Waals surface area contributed by atoms with Gasteiger partial charge in [-0.05, 0) is 50.8 Å². The van der Waals surface area contributed by atoms with Crippen LogP contribution in [0.15, 0.2) is 30.5 Å². The van der Waals surface area contributed by atoms with Gasteiger partial charge in [0.25, 0.3) is 5.91 Å². The summed E-state index contributed by atoms with van der Waals surface area (Å²) in [6.07, 6.45) is 4.86. The maximum absolute atomic E-state index is 13.1. The average molecular weight is 455 g/mol. The van der Waals surface area contributed by atoms with Gasteiger partial charge in [-0.3, -0.25) is 4.79 Å². The number of carbonyl (C=O) groups is 1. The fourth-order valence-corrected chi connectivity index (χ4v) is 5.01. The van der Waals surface area contributed by atoms with E-state index in [9.17, 15) is 4.79 Å². The molecule has 1 aromatic carbocycles. The monoisotopic (exact) mass is 454 g/mol. The topological polar surface area (TPSA) is 77.1 Å². The number of nitrogens with zero attached hydrogens (tertiary/aromatic N) is 4. The van der Waals surface area contributed by atoms with E-state index in [2.05, 4.69) is 82.5 Å². The van der Waals surface area contributed by atoms with E-state index in [4.69, 9.17) is 0 Å². The first-order valence-electron chi connectivity index (χ1n) is 11.5. The minimum atomic E-state index is -0.121. The Bertz CT molecular complexity index is 1040. The van der Waals surface area contributed by atoms with Crippen molar-refractivity contribution < 1.29 is 4.79 Å². The molecule has 32 heavy (non-hydrogen) atoms. The van der Waals surface area contributed by atoms with E-state index in [0.717, 1.165) is 49.5 Å². The first-order chi connectivity index (χ1) is 15.4. The molecule has 1 amide bonds. The standard InChI is InChI=1S/C24H34N6OS/c1-16(2)9-10-19(13-18-14-25-21-8-6-5-7-20(18)21)26-22(31)23-27-28-24(32-23)30-12-11-29(4)17(3)15-30/h5-8,14,16-17,19,25H,9-13,15H2,1-4H3,(H,26,31). The molecule has 2 N–H and O–H groups in total. The zero-order valence-electron chi connectivity index (χ0n) is 19.5. The van der Waals surface area contributed by atoms with E-state index in [1.54, 1.807) is 0 Å². The molecule has 1 aliphatic heterocycles. The van der Waals surface area contributed by atoms with Crippen molar-refractivity contribution in [1.82, 2.24) is 25.4 Å². The van der Waals surface area contributed by atoms with Gasteiger partial charge in [0.15, 0.2) is 0 Å². The molecule has 2 atom stereocenters. The fraction of sp³-hybridized carbons (Fsp3) is 0.542. The van der Waals surface area contributed by atoms with Crippen LogP contribution in [0.2, 0.25) is 0 Å². The molecule has 3 aromatic rings. The Hall–Kier alpha value is -2.45. The van der Waals surface area contributed by atoms with Crippen molar-refractivity contribution in [2.24, 2.45) is 5.92 Å². The fourth-order valence-electron chi connectivity index (χ4n) is 4.23. The number of nitrogens with one attached hydrogen (secondary N) is 2. The molecule has 1 saturated heterocycles. The van der Waals surface area contributed by atoms with Gasteiger partial charge in [0.2, 0.25) is 10.1 Å². The van der Waals surface area contributed by atoms with Crippen LogP contribution in [0.4, 0.5) is 5.13 Å². The summed E-state index contributed by atoms with van der Waals surface area (Å²) in [6, 6.07) is 8.83. The Balaban J connectivity index is 1.45. The lowest BCUT2D eigenvalue weighted by Crippen LogP contribution is -2.50. The van der Waals surface area contributed by atoms with Crippen LogP contribution < -0.4 is 10.2 Å². The number of carbonyl (C=O) groups excluding carboxylic acids is 1. The van der Waals surface area contributed by atoms with Crippen LogP contribution in [0, 0.1) is 5.92 Å². The lowest BCUT2D eigenvalue weighted by atomic mass is 9.97. The lowest BCUT2D eigenvalue weighted by Gasteiger charge is -2.37. The van der Waals surface area contributed by atoms with Crippen molar-refractivity contribution in [3.8, 4) is 0 Å². The van der Waals surface area contributed by atoms with Crippen LogP contribution >= 0.6 is 11.3 Å². The van der Waals surface area contributed by atoms with Gasteiger partial charge < -0.3 is 20.1 Å². The minimum absolute atomic E-state index is 0.0557. The summed E-state index contributed by atoms with van der Waals surface area (Å²) in [6.45, 7) is 9.46. The number of piperazine rings is 1. The summed E-state index contributed by atoms with van der Waals surface area (Å²) < 4.78 is 0. The Kier molecular flexibility index (Phi) is 7.10. The second-order valence-corrected chi connectivity index (χ2v) is 10.3. The van der Waals surface area contributed by atoms with E-state index in [0.29, 0.717) is 17.0 Å². The van der Waals surface area contributed by atoms with E-state index >= 15 is 0 Å². The van der Waals surface area contributed by atoms with Crippen LogP contribution in [0.5, 0.6) is 0 Å². The van der Waals surface area contributed by atoms with Crippen LogP contribution in [0.3, 0.4) is 0 Å². The molecule has 1 fully saturated rings. The zero-order valence-corrected chi connectivity index (χ0v) is 20.3. The number of amides is 1. The number of likely N-dealkylation sites (N-methyl/N-ethyl adjacent to an activating group) is 1. The Labute approximate surface area is 194 Å². The molecule has 172 valence electrons. The number of aromatic amines is 1. The number of fused-ring (bicyclic) bond motifs is 1. The van der Waals surface area contributed by atoms with Crippen molar-refractivity contribution in [3.05, 3.63) is 41.0 Å². The van der Waals surface area contributed by atoms with Gasteiger partial charge in [-0.2, -0.15) is 0 Å². The van der Waals surface area contributed by atoms with Crippen LogP contribution in [-0.2, 0) is 6.42 Å². The molecule has 0 radical (unpaired) electrons. The number of aromatic nitrogens is 3. The SMILES string of the molecule is CC(C)CCC(Cc1c[nH]c2ccccc12)NC(=O)c1nnc(N2CCN(C)C(C)C2)s1. The lowest BCUT2D eigenvalue weighted by molar-refractivity contribution is 0.0932. The number of H-pyrrole nitrogens is 1. The molecule has 0 aliphatic carbocycles. The molecule has 0 spiro atoms. The summed E-state index contributed by atoms with van der Waals surface area (Å²) >= 11 is 1.39. The van der Waals surface area contributed by atoms with E-state index < -0.39 is 0 Å². The zero-order chi connectivity index (χ0) is 22.7. The molecule has 4 rings (SSSR count). The second kappa shape index (κ2) is 10.0. The molecule has 3 heterocycles. The number of para-hydroxylation sites is 1. The summed E-state index contributed by atoms with van der Waals surface area (Å²) in [4.78, 5) is 21.0. The first kappa shape index (κ1) is 22.7. The average Bonchev–Trinajstić information content (AvgIpc) is 3.42. The molecule has 0 saturated carbocycles. The van der Waals surface area contributed by atoms with Gasteiger partial charge in [-0.1, -0.05) is 43.4 Å². The molecular weight excluding hydrogens is 420 g/mol. The highest BCUT2D eigenvalue weighted by Gasteiger charge is 2.25. The maximum atomic E-state index is 13.1. The molecule has 2 unspecified atom stereocenters. The molecule has 1 aliphatic rings. The first-order valence-corrected chi connectivity index (χ1v) is 12.4. The second-order valence-electron chi connectivity index (χ2n) is 9.37. The van der Waals surface area contributed by atoms with Gasteiger partial charge in [-0.25, -0.2) is 0 Å². The number of hydrogen-bond acceptors (Lipinski definition) is 6. The quantitative estimate of drug-likeness (QED) is 0.539.